The van der Waals surface area contributed by atoms with E-state index in [9.17, 15) is 18.4 Å². The summed E-state index contributed by atoms with van der Waals surface area (Å²) in [5.41, 5.74) is 0.732. The van der Waals surface area contributed by atoms with E-state index in [1.54, 1.807) is 0 Å². The van der Waals surface area contributed by atoms with Crippen LogP contribution in [0, 0.1) is 11.6 Å². The van der Waals surface area contributed by atoms with Gasteiger partial charge in [0.25, 0.3) is 11.7 Å². The van der Waals surface area contributed by atoms with E-state index in [-0.39, 0.29) is 11.3 Å². The molecule has 0 saturated carbocycles. The van der Waals surface area contributed by atoms with E-state index in [2.05, 4.69) is 10.3 Å². The number of nitrogens with one attached hydrogen (secondary N) is 2. The van der Waals surface area contributed by atoms with E-state index < -0.39 is 23.3 Å². The second-order valence-corrected chi connectivity index (χ2v) is 4.69. The lowest BCUT2D eigenvalue weighted by Crippen LogP contribution is -2.22. The van der Waals surface area contributed by atoms with Gasteiger partial charge in [-0.05, 0) is 36.4 Å². The quantitative estimate of drug-likeness (QED) is 0.576. The molecule has 1 aromatic heterocycles. The Morgan fingerprint density at radius 1 is 1.00 bits per heavy atom. The number of hydrogen-bond acceptors (Lipinski definition) is 2. The minimum atomic E-state index is -0.893. The summed E-state index contributed by atoms with van der Waals surface area (Å²) in [7, 11) is 0. The molecule has 6 heteroatoms. The molecule has 0 atom stereocenters. The third-order valence-corrected chi connectivity index (χ3v) is 3.18. The van der Waals surface area contributed by atoms with Crippen LogP contribution in [0.4, 0.5) is 14.5 Å². The van der Waals surface area contributed by atoms with Gasteiger partial charge in [-0.25, -0.2) is 8.78 Å². The molecule has 0 unspecified atom stereocenters. The number of amides is 1. The zero-order chi connectivity index (χ0) is 15.7. The molecule has 3 rings (SSSR count). The highest BCUT2D eigenvalue weighted by atomic mass is 19.1. The molecule has 22 heavy (non-hydrogen) atoms. The number of halogens is 2. The summed E-state index contributed by atoms with van der Waals surface area (Å²) in [6, 6.07) is 9.09. The highest BCUT2D eigenvalue weighted by Crippen LogP contribution is 2.20. The van der Waals surface area contributed by atoms with Gasteiger partial charge in [-0.3, -0.25) is 9.59 Å². The standard InChI is InChI=1S/C16H10F2N2O2/c17-9-2-1-3-11(6-9)20-16(22)15(21)13-8-19-14-7-10(18)4-5-12(13)14/h1-8,19H,(H,20,22). The van der Waals surface area contributed by atoms with Crippen LogP contribution in [0.3, 0.4) is 0 Å². The molecule has 2 aromatic carbocycles. The van der Waals surface area contributed by atoms with Gasteiger partial charge in [0.1, 0.15) is 11.6 Å². The summed E-state index contributed by atoms with van der Waals surface area (Å²) in [5, 5.41) is 2.78. The van der Waals surface area contributed by atoms with Crippen LogP contribution < -0.4 is 5.32 Å². The first-order valence-corrected chi connectivity index (χ1v) is 6.42. The summed E-state index contributed by atoms with van der Waals surface area (Å²) in [5.74, 6) is -2.65. The van der Waals surface area contributed by atoms with E-state index in [1.165, 1.54) is 42.6 Å². The number of aromatic amines is 1. The molecule has 3 aromatic rings. The fourth-order valence-corrected chi connectivity index (χ4v) is 2.16. The number of ketones is 1. The number of anilines is 1. The first-order valence-electron chi connectivity index (χ1n) is 6.42. The number of benzene rings is 2. The number of carbonyl (C=O) groups excluding carboxylic acids is 2. The van der Waals surface area contributed by atoms with Crippen LogP contribution in [0.1, 0.15) is 10.4 Å². The highest BCUT2D eigenvalue weighted by molar-refractivity contribution is 6.48. The Kier molecular flexibility index (Phi) is 3.42. The van der Waals surface area contributed by atoms with Crippen LogP contribution in [0.2, 0.25) is 0 Å². The van der Waals surface area contributed by atoms with Crippen LogP contribution in [-0.4, -0.2) is 16.7 Å². The van der Waals surface area contributed by atoms with Gasteiger partial charge < -0.3 is 10.3 Å². The van der Waals surface area contributed by atoms with Gasteiger partial charge in [-0.2, -0.15) is 0 Å². The lowest BCUT2D eigenvalue weighted by molar-refractivity contribution is -0.112. The predicted octanol–water partition coefficient (Wildman–Crippen LogP) is 3.27. The van der Waals surface area contributed by atoms with Crippen LogP contribution in [-0.2, 0) is 4.79 Å². The number of rotatable bonds is 3. The first kappa shape index (κ1) is 13.9. The first-order chi connectivity index (χ1) is 10.5. The van der Waals surface area contributed by atoms with Crippen LogP contribution in [0.15, 0.2) is 48.7 Å². The van der Waals surface area contributed by atoms with Crippen molar-refractivity contribution in [1.29, 1.82) is 0 Å². The molecule has 0 fully saturated rings. The number of H-pyrrole nitrogens is 1. The number of Topliss-reactive ketones (excluding diaryl/α,β-unsaturated/α-hetero) is 1. The molecular weight excluding hydrogens is 290 g/mol. The molecule has 1 amide bonds. The zero-order valence-electron chi connectivity index (χ0n) is 11.2. The average molecular weight is 300 g/mol. The van der Waals surface area contributed by atoms with Crippen LogP contribution in [0.25, 0.3) is 10.9 Å². The number of aromatic nitrogens is 1. The third-order valence-electron chi connectivity index (χ3n) is 3.18. The van der Waals surface area contributed by atoms with Gasteiger partial charge in [-0.15, -0.1) is 0 Å². The van der Waals surface area contributed by atoms with E-state index in [0.29, 0.717) is 10.9 Å². The summed E-state index contributed by atoms with van der Waals surface area (Å²) in [4.78, 5) is 26.9. The smallest absolute Gasteiger partial charge is 0.296 e. The van der Waals surface area contributed by atoms with Crippen LogP contribution >= 0.6 is 0 Å². The van der Waals surface area contributed by atoms with Crippen molar-refractivity contribution in [2.45, 2.75) is 0 Å². The van der Waals surface area contributed by atoms with E-state index in [0.717, 1.165) is 6.07 Å². The molecule has 0 bridgehead atoms. The van der Waals surface area contributed by atoms with E-state index in [4.69, 9.17) is 0 Å². The molecule has 4 nitrogen and oxygen atoms in total. The van der Waals surface area contributed by atoms with Crippen LogP contribution in [0.5, 0.6) is 0 Å². The summed E-state index contributed by atoms with van der Waals surface area (Å²) in [6.07, 6.45) is 1.34. The van der Waals surface area contributed by atoms with Gasteiger partial charge in [0, 0.05) is 22.8 Å². The molecule has 2 N–H and O–H groups in total. The lowest BCUT2D eigenvalue weighted by atomic mass is 10.1. The monoisotopic (exact) mass is 300 g/mol. The Bertz CT molecular complexity index is 887. The zero-order valence-corrected chi connectivity index (χ0v) is 11.2. The second kappa shape index (κ2) is 5.40. The Hall–Kier alpha value is -3.02. The molecule has 110 valence electrons. The number of carbonyl (C=O) groups is 2. The van der Waals surface area contributed by atoms with Crippen molar-refractivity contribution in [3.8, 4) is 0 Å². The normalized spacial score (nSPS) is 10.6. The van der Waals surface area contributed by atoms with E-state index >= 15 is 0 Å². The number of fused-ring (bicyclic) bond motifs is 1. The fraction of sp³-hybridized carbons (Fsp3) is 0. The van der Waals surface area contributed by atoms with Crippen molar-refractivity contribution >= 4 is 28.3 Å². The largest absolute Gasteiger partial charge is 0.360 e. The lowest BCUT2D eigenvalue weighted by Gasteiger charge is -2.04. The van der Waals surface area contributed by atoms with Gasteiger partial charge >= 0.3 is 0 Å². The number of hydrogen-bond donors (Lipinski definition) is 2. The van der Waals surface area contributed by atoms with Gasteiger partial charge in [-0.1, -0.05) is 6.07 Å². The maximum Gasteiger partial charge on any atom is 0.296 e. The van der Waals surface area contributed by atoms with Crippen molar-refractivity contribution in [2.24, 2.45) is 0 Å². The molecule has 0 radical (unpaired) electrons. The maximum absolute atomic E-state index is 13.1. The van der Waals surface area contributed by atoms with Gasteiger partial charge in [0.05, 0.1) is 5.56 Å². The summed E-state index contributed by atoms with van der Waals surface area (Å²) < 4.78 is 26.2. The Morgan fingerprint density at radius 2 is 1.77 bits per heavy atom. The Morgan fingerprint density at radius 3 is 2.55 bits per heavy atom. The Labute approximate surface area is 123 Å². The minimum Gasteiger partial charge on any atom is -0.360 e. The van der Waals surface area contributed by atoms with Crippen molar-refractivity contribution in [3.63, 3.8) is 0 Å². The topological polar surface area (TPSA) is 62.0 Å². The van der Waals surface area contributed by atoms with Crippen molar-refractivity contribution in [1.82, 2.24) is 4.98 Å². The fourth-order valence-electron chi connectivity index (χ4n) is 2.16. The van der Waals surface area contributed by atoms with E-state index in [1.807, 2.05) is 0 Å². The minimum absolute atomic E-state index is 0.129. The molecule has 0 aliphatic heterocycles. The Balaban J connectivity index is 1.87. The molecule has 0 spiro atoms. The molecule has 0 saturated heterocycles. The summed E-state index contributed by atoms with van der Waals surface area (Å²) >= 11 is 0. The SMILES string of the molecule is O=C(Nc1cccc(F)c1)C(=O)c1c[nH]c2cc(F)ccc12. The predicted molar refractivity (Wildman–Crippen MR) is 77.6 cm³/mol. The average Bonchev–Trinajstić information content (AvgIpc) is 2.89. The molecule has 1 heterocycles. The maximum atomic E-state index is 13.1. The molecule has 0 aliphatic carbocycles. The van der Waals surface area contributed by atoms with Gasteiger partial charge in [0.15, 0.2) is 0 Å². The highest BCUT2D eigenvalue weighted by Gasteiger charge is 2.20. The van der Waals surface area contributed by atoms with Crippen molar-refractivity contribution in [3.05, 3.63) is 65.9 Å². The molecular formula is C16H10F2N2O2. The second-order valence-electron chi connectivity index (χ2n) is 4.69. The third kappa shape index (κ3) is 2.58. The van der Waals surface area contributed by atoms with Crippen molar-refractivity contribution in [2.75, 3.05) is 5.32 Å². The molecule has 0 aliphatic rings. The van der Waals surface area contributed by atoms with Gasteiger partial charge in [0.2, 0.25) is 0 Å². The summed E-state index contributed by atoms with van der Waals surface area (Å²) in [6.45, 7) is 0. The van der Waals surface area contributed by atoms with Crippen molar-refractivity contribution < 1.29 is 18.4 Å².